The highest BCUT2D eigenvalue weighted by Gasteiger charge is 2.47. The zero-order valence-corrected chi connectivity index (χ0v) is 11.5. The molecule has 116 valence electrons. The number of amides is 1. The molecule has 0 aromatic heterocycles. The Balaban J connectivity index is 2.87. The van der Waals surface area contributed by atoms with Gasteiger partial charge in [0, 0.05) is 13.3 Å². The lowest BCUT2D eigenvalue weighted by molar-refractivity contribution is -0.258. The summed E-state index contributed by atoms with van der Waals surface area (Å²) in [6, 6.07) is -1.09. The van der Waals surface area contributed by atoms with E-state index in [1.807, 2.05) is 0 Å². The second kappa shape index (κ2) is 7.53. The van der Waals surface area contributed by atoms with E-state index in [1.54, 1.807) is 6.92 Å². The third kappa shape index (κ3) is 4.14. The number of aliphatic hydroxyl groups is 3. The summed E-state index contributed by atoms with van der Waals surface area (Å²) in [5.74, 6) is -1.03. The Bertz CT molecular complexity index is 349. The highest BCUT2D eigenvalue weighted by molar-refractivity contribution is 5.73. The molecule has 0 aromatic carbocycles. The molecule has 1 aliphatic heterocycles. The standard InChI is InChI=1S/C12H21NO7/c1-3-4-8(16)20-11-9(13-6(2)15)12(18)19-7(5-14)10(11)17/h7,9-12,14,17-18H,3-5H2,1-2H3,(H,13,15)/t7-,9+,10-,11-,12?/m1/s1. The Kier molecular flexibility index (Phi) is 6.34. The van der Waals surface area contributed by atoms with Gasteiger partial charge in [-0.3, -0.25) is 9.59 Å². The summed E-state index contributed by atoms with van der Waals surface area (Å²) in [6.07, 6.45) is -4.39. The monoisotopic (exact) mass is 291 g/mol. The van der Waals surface area contributed by atoms with Gasteiger partial charge in [-0.15, -0.1) is 0 Å². The van der Waals surface area contributed by atoms with Crippen LogP contribution in [0.5, 0.6) is 0 Å². The molecule has 1 heterocycles. The van der Waals surface area contributed by atoms with Crippen LogP contribution in [0.15, 0.2) is 0 Å². The maximum atomic E-state index is 11.6. The second-order valence-electron chi connectivity index (χ2n) is 4.67. The molecular formula is C12H21NO7. The van der Waals surface area contributed by atoms with Gasteiger partial charge in [0.2, 0.25) is 5.91 Å². The van der Waals surface area contributed by atoms with E-state index in [2.05, 4.69) is 5.32 Å². The molecule has 1 rings (SSSR count). The molecule has 0 bridgehead atoms. The molecule has 1 amide bonds. The number of hydrogen-bond donors (Lipinski definition) is 4. The molecule has 0 radical (unpaired) electrons. The molecule has 0 saturated carbocycles. The summed E-state index contributed by atoms with van der Waals surface area (Å²) in [7, 11) is 0. The number of carbonyl (C=O) groups excluding carboxylic acids is 2. The van der Waals surface area contributed by atoms with Gasteiger partial charge in [0.1, 0.15) is 18.2 Å². The van der Waals surface area contributed by atoms with Crippen LogP contribution >= 0.6 is 0 Å². The molecule has 0 aliphatic carbocycles. The third-order valence-corrected chi connectivity index (χ3v) is 2.96. The molecule has 8 nitrogen and oxygen atoms in total. The van der Waals surface area contributed by atoms with Crippen molar-refractivity contribution < 1.29 is 34.4 Å². The van der Waals surface area contributed by atoms with Gasteiger partial charge in [-0.1, -0.05) is 6.92 Å². The highest BCUT2D eigenvalue weighted by Crippen LogP contribution is 2.23. The normalized spacial score (nSPS) is 33.5. The van der Waals surface area contributed by atoms with Gasteiger partial charge in [-0.25, -0.2) is 0 Å². The van der Waals surface area contributed by atoms with E-state index in [1.165, 1.54) is 6.92 Å². The zero-order valence-electron chi connectivity index (χ0n) is 11.5. The number of rotatable bonds is 5. The first-order chi connectivity index (χ1) is 9.40. The van der Waals surface area contributed by atoms with Crippen LogP contribution in [-0.2, 0) is 19.1 Å². The molecular weight excluding hydrogens is 270 g/mol. The van der Waals surface area contributed by atoms with Gasteiger partial charge in [0.15, 0.2) is 12.4 Å². The predicted molar refractivity (Wildman–Crippen MR) is 66.4 cm³/mol. The quantitative estimate of drug-likeness (QED) is 0.444. The van der Waals surface area contributed by atoms with Crippen molar-refractivity contribution >= 4 is 11.9 Å². The van der Waals surface area contributed by atoms with Crippen LogP contribution in [0.2, 0.25) is 0 Å². The van der Waals surface area contributed by atoms with E-state index in [9.17, 15) is 19.8 Å². The number of aliphatic hydroxyl groups excluding tert-OH is 3. The Morgan fingerprint density at radius 2 is 2.00 bits per heavy atom. The van der Waals surface area contributed by atoms with Gasteiger partial charge in [-0.2, -0.15) is 0 Å². The van der Waals surface area contributed by atoms with Crippen LogP contribution in [-0.4, -0.2) is 64.4 Å². The van der Waals surface area contributed by atoms with Crippen LogP contribution in [0.3, 0.4) is 0 Å². The molecule has 4 N–H and O–H groups in total. The van der Waals surface area contributed by atoms with Gasteiger partial charge < -0.3 is 30.1 Å². The van der Waals surface area contributed by atoms with E-state index < -0.39 is 49.1 Å². The van der Waals surface area contributed by atoms with Gasteiger partial charge in [0.05, 0.1) is 6.61 Å². The topological polar surface area (TPSA) is 125 Å². The number of nitrogens with one attached hydrogen (secondary N) is 1. The smallest absolute Gasteiger partial charge is 0.306 e. The Morgan fingerprint density at radius 1 is 1.35 bits per heavy atom. The minimum absolute atomic E-state index is 0.150. The maximum Gasteiger partial charge on any atom is 0.306 e. The van der Waals surface area contributed by atoms with E-state index in [0.29, 0.717) is 6.42 Å². The lowest BCUT2D eigenvalue weighted by atomic mass is 9.96. The Morgan fingerprint density at radius 3 is 2.50 bits per heavy atom. The molecule has 8 heteroatoms. The van der Waals surface area contributed by atoms with Crippen molar-refractivity contribution in [1.82, 2.24) is 5.32 Å². The second-order valence-corrected chi connectivity index (χ2v) is 4.67. The van der Waals surface area contributed by atoms with Gasteiger partial charge >= 0.3 is 5.97 Å². The number of hydrogen-bond acceptors (Lipinski definition) is 7. The van der Waals surface area contributed by atoms with Crippen LogP contribution in [0.25, 0.3) is 0 Å². The maximum absolute atomic E-state index is 11.6. The summed E-state index contributed by atoms with van der Waals surface area (Å²) in [4.78, 5) is 22.7. The molecule has 1 aliphatic rings. The zero-order chi connectivity index (χ0) is 15.3. The Labute approximate surface area is 116 Å². The van der Waals surface area contributed by atoms with E-state index in [-0.39, 0.29) is 6.42 Å². The Hall–Kier alpha value is -1.22. The SMILES string of the molecule is CCCC(=O)O[C@H]1[C@H](O)[C@@H](CO)OC(O)[C@H]1NC(C)=O. The summed E-state index contributed by atoms with van der Waals surface area (Å²) < 4.78 is 10.1. The first kappa shape index (κ1) is 16.8. The molecule has 1 fully saturated rings. The fourth-order valence-electron chi connectivity index (χ4n) is 2.03. The first-order valence-corrected chi connectivity index (χ1v) is 6.49. The van der Waals surface area contributed by atoms with Crippen molar-refractivity contribution in [3.63, 3.8) is 0 Å². The largest absolute Gasteiger partial charge is 0.457 e. The van der Waals surface area contributed by atoms with Crippen molar-refractivity contribution in [2.45, 2.75) is 57.3 Å². The predicted octanol–water partition coefficient (Wildman–Crippen LogP) is -1.73. The van der Waals surface area contributed by atoms with Crippen LogP contribution in [0.1, 0.15) is 26.7 Å². The first-order valence-electron chi connectivity index (χ1n) is 6.49. The average Bonchev–Trinajstić information content (AvgIpc) is 2.37. The molecule has 1 saturated heterocycles. The van der Waals surface area contributed by atoms with Crippen molar-refractivity contribution in [2.75, 3.05) is 6.61 Å². The molecule has 20 heavy (non-hydrogen) atoms. The van der Waals surface area contributed by atoms with Crippen LogP contribution in [0, 0.1) is 0 Å². The minimum atomic E-state index is -1.49. The molecule has 0 aromatic rings. The van der Waals surface area contributed by atoms with E-state index >= 15 is 0 Å². The lowest BCUT2D eigenvalue weighted by Gasteiger charge is -2.41. The number of esters is 1. The van der Waals surface area contributed by atoms with E-state index in [0.717, 1.165) is 0 Å². The van der Waals surface area contributed by atoms with Crippen LogP contribution < -0.4 is 5.32 Å². The van der Waals surface area contributed by atoms with Crippen LogP contribution in [0.4, 0.5) is 0 Å². The van der Waals surface area contributed by atoms with Crippen molar-refractivity contribution in [1.29, 1.82) is 0 Å². The highest BCUT2D eigenvalue weighted by atomic mass is 16.6. The molecule has 1 unspecified atom stereocenters. The molecule has 0 spiro atoms. The minimum Gasteiger partial charge on any atom is -0.457 e. The fraction of sp³-hybridized carbons (Fsp3) is 0.833. The van der Waals surface area contributed by atoms with Gasteiger partial charge in [0.25, 0.3) is 0 Å². The molecule has 5 atom stereocenters. The average molecular weight is 291 g/mol. The van der Waals surface area contributed by atoms with Crippen molar-refractivity contribution in [3.05, 3.63) is 0 Å². The number of ether oxygens (including phenoxy) is 2. The van der Waals surface area contributed by atoms with Gasteiger partial charge in [-0.05, 0) is 6.42 Å². The summed E-state index contributed by atoms with van der Waals surface area (Å²) in [5, 5.41) is 31.3. The summed E-state index contributed by atoms with van der Waals surface area (Å²) in [5.41, 5.74) is 0. The fourth-order valence-corrected chi connectivity index (χ4v) is 2.03. The summed E-state index contributed by atoms with van der Waals surface area (Å²) in [6.45, 7) is 2.47. The lowest BCUT2D eigenvalue weighted by Crippen LogP contribution is -2.65. The summed E-state index contributed by atoms with van der Waals surface area (Å²) >= 11 is 0. The van der Waals surface area contributed by atoms with E-state index in [4.69, 9.17) is 14.6 Å². The van der Waals surface area contributed by atoms with Crippen molar-refractivity contribution in [2.24, 2.45) is 0 Å². The van der Waals surface area contributed by atoms with Crippen molar-refractivity contribution in [3.8, 4) is 0 Å². The number of carbonyl (C=O) groups is 2. The third-order valence-electron chi connectivity index (χ3n) is 2.96.